The van der Waals surface area contributed by atoms with E-state index in [1.54, 1.807) is 56.6 Å². The lowest BCUT2D eigenvalue weighted by Crippen LogP contribution is -2.35. The molecule has 0 aliphatic carbocycles. The topological polar surface area (TPSA) is 91.4 Å². The predicted molar refractivity (Wildman–Crippen MR) is 123 cm³/mol. The van der Waals surface area contributed by atoms with E-state index >= 15 is 0 Å². The first-order valence-electron chi connectivity index (χ1n) is 9.39. The van der Waals surface area contributed by atoms with Crippen LogP contribution in [0, 0.1) is 13.8 Å². The third-order valence-corrected chi connectivity index (χ3v) is 5.85. The van der Waals surface area contributed by atoms with E-state index in [0.717, 1.165) is 16.9 Å². The van der Waals surface area contributed by atoms with Crippen molar-refractivity contribution < 1.29 is 14.4 Å². The number of aromatic nitrogens is 1. The molecule has 0 atom stereocenters. The number of anilines is 2. The van der Waals surface area contributed by atoms with E-state index in [2.05, 4.69) is 15.6 Å². The summed E-state index contributed by atoms with van der Waals surface area (Å²) in [5.74, 6) is -0.588. The van der Waals surface area contributed by atoms with Gasteiger partial charge < -0.3 is 15.5 Å². The summed E-state index contributed by atoms with van der Waals surface area (Å²) in [6.45, 7) is 3.54. The van der Waals surface area contributed by atoms with Crippen molar-refractivity contribution in [3.63, 3.8) is 0 Å². The van der Waals surface area contributed by atoms with Gasteiger partial charge in [0.2, 0.25) is 5.91 Å². The van der Waals surface area contributed by atoms with Crippen LogP contribution in [0.5, 0.6) is 0 Å². The molecule has 2 N–H and O–H groups in total. The van der Waals surface area contributed by atoms with Crippen molar-refractivity contribution in [3.8, 4) is 0 Å². The molecular weight excluding hydrogens is 436 g/mol. The van der Waals surface area contributed by atoms with Crippen molar-refractivity contribution in [2.45, 2.75) is 13.8 Å². The van der Waals surface area contributed by atoms with Crippen molar-refractivity contribution in [2.24, 2.45) is 0 Å². The second kappa shape index (κ2) is 9.72. The summed E-state index contributed by atoms with van der Waals surface area (Å²) in [6.07, 6.45) is 1.60. The smallest absolute Gasteiger partial charge is 0.264 e. The van der Waals surface area contributed by atoms with Crippen LogP contribution in [0.4, 0.5) is 10.8 Å². The average molecular weight is 457 g/mol. The Balaban J connectivity index is 1.65. The van der Waals surface area contributed by atoms with Crippen molar-refractivity contribution in [1.82, 2.24) is 9.88 Å². The Morgan fingerprint density at radius 2 is 1.84 bits per heavy atom. The first-order chi connectivity index (χ1) is 14.7. The number of nitrogens with zero attached hydrogens (tertiary/aromatic N) is 2. The van der Waals surface area contributed by atoms with Crippen LogP contribution in [0.15, 0.2) is 48.7 Å². The molecule has 3 aromatic rings. The highest BCUT2D eigenvalue weighted by molar-refractivity contribution is 7.18. The van der Waals surface area contributed by atoms with Gasteiger partial charge in [0.25, 0.3) is 11.8 Å². The van der Waals surface area contributed by atoms with E-state index in [1.165, 1.54) is 4.90 Å². The van der Waals surface area contributed by atoms with Crippen LogP contribution in [0.2, 0.25) is 5.02 Å². The largest absolute Gasteiger partial charge is 0.332 e. The highest BCUT2D eigenvalue weighted by Crippen LogP contribution is 2.28. The minimum absolute atomic E-state index is 0.132. The monoisotopic (exact) mass is 456 g/mol. The molecule has 3 amide bonds. The van der Waals surface area contributed by atoms with Crippen LogP contribution in [0.3, 0.4) is 0 Å². The Hall–Kier alpha value is -3.23. The van der Waals surface area contributed by atoms with Gasteiger partial charge in [0, 0.05) is 13.2 Å². The highest BCUT2D eigenvalue weighted by atomic mass is 35.5. The molecule has 0 fully saturated rings. The maximum Gasteiger partial charge on any atom is 0.264 e. The number of amides is 3. The van der Waals surface area contributed by atoms with Gasteiger partial charge in [-0.1, -0.05) is 23.7 Å². The van der Waals surface area contributed by atoms with E-state index in [0.29, 0.717) is 31.8 Å². The Morgan fingerprint density at radius 1 is 1.10 bits per heavy atom. The second-order valence-corrected chi connectivity index (χ2v) is 8.44. The summed E-state index contributed by atoms with van der Waals surface area (Å²) in [6, 6.07) is 12.0. The number of hydrogen-bond acceptors (Lipinski definition) is 5. The minimum atomic E-state index is -0.357. The zero-order chi connectivity index (χ0) is 22.5. The van der Waals surface area contributed by atoms with Gasteiger partial charge in [-0.3, -0.25) is 14.4 Å². The first kappa shape index (κ1) is 22.5. The summed E-state index contributed by atoms with van der Waals surface area (Å²) < 4.78 is 0. The molecule has 0 radical (unpaired) electrons. The number of likely N-dealkylation sites (N-methyl/N-ethyl adjacent to an activating group) is 1. The summed E-state index contributed by atoms with van der Waals surface area (Å²) >= 11 is 7.22. The number of rotatable bonds is 6. The molecular formula is C22H21ClN4O3S. The molecule has 7 nitrogen and oxygen atoms in total. The quantitative estimate of drug-likeness (QED) is 0.576. The van der Waals surface area contributed by atoms with Crippen LogP contribution in [0.25, 0.3) is 0 Å². The van der Waals surface area contributed by atoms with Gasteiger partial charge in [-0.15, -0.1) is 11.3 Å². The summed E-state index contributed by atoms with van der Waals surface area (Å²) in [7, 11) is 1.55. The van der Waals surface area contributed by atoms with Crippen molar-refractivity contribution >= 4 is 51.5 Å². The van der Waals surface area contributed by atoms with E-state index in [9.17, 15) is 14.4 Å². The fourth-order valence-electron chi connectivity index (χ4n) is 2.83. The van der Waals surface area contributed by atoms with E-state index in [4.69, 9.17) is 11.6 Å². The molecule has 2 heterocycles. The maximum absolute atomic E-state index is 12.8. The molecule has 160 valence electrons. The highest BCUT2D eigenvalue weighted by Gasteiger charge is 2.21. The average Bonchev–Trinajstić information content (AvgIpc) is 3.07. The molecule has 0 spiro atoms. The van der Waals surface area contributed by atoms with Gasteiger partial charge in [-0.05, 0) is 55.3 Å². The Kier molecular flexibility index (Phi) is 7.04. The fourth-order valence-corrected chi connectivity index (χ4v) is 4.11. The number of aryl methyl sites for hydroxylation is 2. The normalized spacial score (nSPS) is 10.5. The molecule has 0 bridgehead atoms. The molecule has 0 saturated carbocycles. The summed E-state index contributed by atoms with van der Waals surface area (Å²) in [5, 5.41) is 6.32. The summed E-state index contributed by atoms with van der Waals surface area (Å²) in [5.41, 5.74) is 2.02. The number of carbonyl (C=O) groups is 3. The Labute approximate surface area is 189 Å². The van der Waals surface area contributed by atoms with E-state index in [-0.39, 0.29) is 24.3 Å². The fraction of sp³-hybridized carbons (Fsp3) is 0.182. The molecule has 0 aliphatic rings. The number of benzene rings is 1. The molecule has 31 heavy (non-hydrogen) atoms. The van der Waals surface area contributed by atoms with Gasteiger partial charge in [0.15, 0.2) is 0 Å². The number of pyridine rings is 1. The standard InChI is InChI=1S/C22H21ClN4O3S/c1-13-8-9-24-17(10-13)25-18(28)12-27(3)22(30)20-14(2)11-19(31-20)26-21(29)15-6-4-5-7-16(15)23/h4-11H,12H2,1-3H3,(H,26,29)(H,24,25,28). The number of halogens is 1. The van der Waals surface area contributed by atoms with E-state index < -0.39 is 0 Å². The van der Waals surface area contributed by atoms with Gasteiger partial charge in [0.1, 0.15) is 5.82 Å². The van der Waals surface area contributed by atoms with Crippen molar-refractivity contribution in [1.29, 1.82) is 0 Å². The molecule has 0 aliphatic heterocycles. The number of nitrogens with one attached hydrogen (secondary N) is 2. The molecule has 2 aromatic heterocycles. The van der Waals surface area contributed by atoms with Crippen molar-refractivity contribution in [2.75, 3.05) is 24.2 Å². The molecule has 1 aromatic carbocycles. The lowest BCUT2D eigenvalue weighted by Gasteiger charge is -2.16. The third kappa shape index (κ3) is 5.68. The molecule has 0 unspecified atom stereocenters. The van der Waals surface area contributed by atoms with Crippen LogP contribution in [-0.2, 0) is 4.79 Å². The first-order valence-corrected chi connectivity index (χ1v) is 10.6. The lowest BCUT2D eigenvalue weighted by molar-refractivity contribution is -0.116. The third-order valence-electron chi connectivity index (χ3n) is 4.38. The molecule has 0 saturated heterocycles. The number of hydrogen-bond donors (Lipinski definition) is 2. The zero-order valence-electron chi connectivity index (χ0n) is 17.2. The van der Waals surface area contributed by atoms with E-state index in [1.807, 2.05) is 13.0 Å². The number of thiophene rings is 1. The van der Waals surface area contributed by atoms with Crippen LogP contribution < -0.4 is 10.6 Å². The van der Waals surface area contributed by atoms with Crippen LogP contribution >= 0.6 is 22.9 Å². The molecule has 3 rings (SSSR count). The van der Waals surface area contributed by atoms with Gasteiger partial charge >= 0.3 is 0 Å². The Bertz CT molecular complexity index is 1150. The second-order valence-electron chi connectivity index (χ2n) is 6.98. The maximum atomic E-state index is 12.8. The lowest BCUT2D eigenvalue weighted by atomic mass is 10.2. The minimum Gasteiger partial charge on any atom is -0.332 e. The molecule has 9 heteroatoms. The van der Waals surface area contributed by atoms with Gasteiger partial charge in [-0.25, -0.2) is 4.98 Å². The number of carbonyl (C=O) groups excluding carboxylic acids is 3. The summed E-state index contributed by atoms with van der Waals surface area (Å²) in [4.78, 5) is 43.4. The zero-order valence-corrected chi connectivity index (χ0v) is 18.8. The predicted octanol–water partition coefficient (Wildman–Crippen LogP) is 4.38. The van der Waals surface area contributed by atoms with Crippen molar-refractivity contribution in [3.05, 3.63) is 75.3 Å². The SMILES string of the molecule is Cc1ccnc(NC(=O)CN(C)C(=O)c2sc(NC(=O)c3ccccc3Cl)cc2C)c1. The van der Waals surface area contributed by atoms with Crippen LogP contribution in [-0.4, -0.2) is 41.2 Å². The van der Waals surface area contributed by atoms with Gasteiger partial charge in [0.05, 0.1) is 27.0 Å². The van der Waals surface area contributed by atoms with Gasteiger partial charge in [-0.2, -0.15) is 0 Å². The van der Waals surface area contributed by atoms with Crippen LogP contribution in [0.1, 0.15) is 31.2 Å². The Morgan fingerprint density at radius 3 is 2.55 bits per heavy atom.